The van der Waals surface area contributed by atoms with Crippen molar-refractivity contribution in [2.75, 3.05) is 0 Å². The maximum atomic E-state index is 12.4. The Labute approximate surface area is 65.8 Å². The molecule has 1 nitrogen and oxygen atoms in total. The van der Waals surface area contributed by atoms with E-state index in [0.717, 1.165) is 6.10 Å². The van der Waals surface area contributed by atoms with Crippen molar-refractivity contribution in [3.63, 3.8) is 0 Å². The lowest BCUT2D eigenvalue weighted by Crippen LogP contribution is -1.95. The van der Waals surface area contributed by atoms with Crippen molar-refractivity contribution in [2.45, 2.75) is 13.8 Å². The van der Waals surface area contributed by atoms with Gasteiger partial charge in [0.05, 0.1) is 0 Å². The third kappa shape index (κ3) is 2.58. The van der Waals surface area contributed by atoms with Crippen molar-refractivity contribution in [1.82, 2.24) is 0 Å². The fourth-order valence-electron chi connectivity index (χ4n) is 0.738. The van der Waals surface area contributed by atoms with Crippen molar-refractivity contribution in [1.29, 1.82) is 0 Å². The first-order valence-electron chi connectivity index (χ1n) is 3.42. The zero-order valence-electron chi connectivity index (χ0n) is 6.60. The first kappa shape index (κ1) is 8.05. The summed E-state index contributed by atoms with van der Waals surface area (Å²) in [5, 5.41) is 0. The first-order valence-corrected chi connectivity index (χ1v) is 3.42. The minimum absolute atomic E-state index is 0.244. The van der Waals surface area contributed by atoms with Gasteiger partial charge in [0.25, 0.3) is 0 Å². The number of rotatable bonds is 2. The summed E-state index contributed by atoms with van der Waals surface area (Å²) in [6.45, 7) is 3.70. The predicted octanol–water partition coefficient (Wildman–Crippen LogP) is 2.78. The van der Waals surface area contributed by atoms with E-state index < -0.39 is 0 Å². The second-order valence-corrected chi connectivity index (χ2v) is 2.46. The van der Waals surface area contributed by atoms with Gasteiger partial charge in [-0.2, -0.15) is 0 Å². The summed E-state index contributed by atoms with van der Waals surface area (Å²) in [6, 6.07) is 5.95. The van der Waals surface area contributed by atoms with Crippen LogP contribution in [-0.2, 0) is 0 Å². The molecular weight excluding hydrogens is 143 g/mol. The number of hydrogen-bond donors (Lipinski definition) is 0. The van der Waals surface area contributed by atoms with Crippen LogP contribution in [0.15, 0.2) is 24.3 Å². The molecular formula is C9H10FO. The minimum atomic E-state index is -0.244. The number of halogens is 1. The maximum absolute atomic E-state index is 12.4. The van der Waals surface area contributed by atoms with Gasteiger partial charge in [-0.3, -0.25) is 0 Å². The lowest BCUT2D eigenvalue weighted by atomic mass is 10.3. The predicted molar refractivity (Wildman–Crippen MR) is 41.6 cm³/mol. The van der Waals surface area contributed by atoms with Crippen LogP contribution in [0.5, 0.6) is 5.75 Å². The van der Waals surface area contributed by atoms with E-state index in [4.69, 9.17) is 4.74 Å². The summed E-state index contributed by atoms with van der Waals surface area (Å²) in [5.74, 6) is 0.428. The van der Waals surface area contributed by atoms with Gasteiger partial charge in [-0.05, 0) is 38.1 Å². The third-order valence-corrected chi connectivity index (χ3v) is 1.14. The highest BCUT2D eigenvalue weighted by Gasteiger charge is 1.97. The van der Waals surface area contributed by atoms with E-state index in [1.54, 1.807) is 12.1 Å². The average molecular weight is 153 g/mol. The van der Waals surface area contributed by atoms with Crippen molar-refractivity contribution < 1.29 is 9.13 Å². The quantitative estimate of drug-likeness (QED) is 0.634. The number of hydrogen-bond acceptors (Lipinski definition) is 1. The van der Waals surface area contributed by atoms with Gasteiger partial charge < -0.3 is 4.74 Å². The summed E-state index contributed by atoms with van der Waals surface area (Å²) in [7, 11) is 0. The van der Waals surface area contributed by atoms with Crippen LogP contribution in [0.4, 0.5) is 4.39 Å². The molecule has 0 atom stereocenters. The average Bonchev–Trinajstić information content (AvgIpc) is 1.93. The van der Waals surface area contributed by atoms with Crippen LogP contribution in [0.3, 0.4) is 0 Å². The Morgan fingerprint density at radius 1 is 1.18 bits per heavy atom. The molecule has 11 heavy (non-hydrogen) atoms. The summed E-state index contributed by atoms with van der Waals surface area (Å²) in [5.41, 5.74) is 0. The van der Waals surface area contributed by atoms with Gasteiger partial charge in [-0.15, -0.1) is 0 Å². The van der Waals surface area contributed by atoms with Crippen LogP contribution in [0.25, 0.3) is 0 Å². The molecule has 0 saturated heterocycles. The largest absolute Gasteiger partial charge is 0.484 e. The lowest BCUT2D eigenvalue weighted by Gasteiger charge is -2.06. The van der Waals surface area contributed by atoms with Crippen LogP contribution in [0, 0.1) is 11.9 Å². The van der Waals surface area contributed by atoms with Gasteiger partial charge in [0.15, 0.2) is 0 Å². The highest BCUT2D eigenvalue weighted by molar-refractivity contribution is 5.22. The van der Waals surface area contributed by atoms with E-state index in [-0.39, 0.29) is 5.82 Å². The van der Waals surface area contributed by atoms with Gasteiger partial charge in [-0.1, -0.05) is 0 Å². The molecule has 0 N–H and O–H groups in total. The normalized spacial score (nSPS) is 10.2. The fourth-order valence-corrected chi connectivity index (χ4v) is 0.738. The molecule has 0 aromatic heterocycles. The molecule has 0 aliphatic rings. The highest BCUT2D eigenvalue weighted by atomic mass is 19.1. The molecule has 2 heteroatoms. The fraction of sp³-hybridized carbons (Fsp3) is 0.222. The maximum Gasteiger partial charge on any atom is 0.142 e. The number of ether oxygens (including phenoxy) is 1. The second-order valence-electron chi connectivity index (χ2n) is 2.46. The van der Waals surface area contributed by atoms with Crippen molar-refractivity contribution in [2.24, 2.45) is 0 Å². The summed E-state index contributed by atoms with van der Waals surface area (Å²) in [6.07, 6.45) is 0.844. The Morgan fingerprint density at radius 3 is 2.18 bits per heavy atom. The SMILES string of the molecule is C[C](C)Oc1ccc(F)cc1. The second kappa shape index (κ2) is 3.37. The van der Waals surface area contributed by atoms with Crippen molar-refractivity contribution >= 4 is 0 Å². The standard InChI is InChI=1S/C9H10FO/c1-7(2)11-9-5-3-8(10)4-6-9/h3-6H,1-2H3. The Bertz CT molecular complexity index is 216. The number of benzene rings is 1. The lowest BCUT2D eigenvalue weighted by molar-refractivity contribution is 0.345. The summed E-state index contributed by atoms with van der Waals surface area (Å²) < 4.78 is 17.6. The van der Waals surface area contributed by atoms with Crippen LogP contribution >= 0.6 is 0 Å². The Balaban J connectivity index is 2.66. The Hall–Kier alpha value is -1.05. The van der Waals surface area contributed by atoms with E-state index >= 15 is 0 Å². The van der Waals surface area contributed by atoms with E-state index in [2.05, 4.69) is 0 Å². The Morgan fingerprint density at radius 2 is 1.73 bits per heavy atom. The zero-order valence-corrected chi connectivity index (χ0v) is 6.60. The van der Waals surface area contributed by atoms with E-state index in [1.165, 1.54) is 12.1 Å². The molecule has 0 heterocycles. The third-order valence-electron chi connectivity index (χ3n) is 1.14. The zero-order chi connectivity index (χ0) is 8.27. The molecule has 1 aromatic rings. The van der Waals surface area contributed by atoms with Crippen LogP contribution in [0.2, 0.25) is 0 Å². The van der Waals surface area contributed by atoms with Gasteiger partial charge >= 0.3 is 0 Å². The highest BCUT2D eigenvalue weighted by Crippen LogP contribution is 2.14. The van der Waals surface area contributed by atoms with Crippen LogP contribution < -0.4 is 4.74 Å². The molecule has 0 aliphatic heterocycles. The van der Waals surface area contributed by atoms with E-state index in [0.29, 0.717) is 5.75 Å². The topological polar surface area (TPSA) is 9.23 Å². The molecule has 0 fully saturated rings. The first-order chi connectivity index (χ1) is 5.18. The van der Waals surface area contributed by atoms with Crippen LogP contribution in [-0.4, -0.2) is 0 Å². The molecule has 1 rings (SSSR count). The van der Waals surface area contributed by atoms with Gasteiger partial charge in [0, 0.05) is 0 Å². The summed E-state index contributed by atoms with van der Waals surface area (Å²) >= 11 is 0. The van der Waals surface area contributed by atoms with Crippen molar-refractivity contribution in [3.8, 4) is 5.75 Å². The molecule has 0 bridgehead atoms. The molecule has 59 valence electrons. The Kier molecular flexibility index (Phi) is 2.47. The van der Waals surface area contributed by atoms with E-state index in [1.807, 2.05) is 13.8 Å². The van der Waals surface area contributed by atoms with Gasteiger partial charge in [0.2, 0.25) is 0 Å². The van der Waals surface area contributed by atoms with Crippen molar-refractivity contribution in [3.05, 3.63) is 36.2 Å². The minimum Gasteiger partial charge on any atom is -0.484 e. The molecule has 1 radical (unpaired) electrons. The molecule has 0 aliphatic carbocycles. The molecule has 0 amide bonds. The smallest absolute Gasteiger partial charge is 0.142 e. The molecule has 1 aromatic carbocycles. The summed E-state index contributed by atoms with van der Waals surface area (Å²) in [4.78, 5) is 0. The van der Waals surface area contributed by atoms with Gasteiger partial charge in [-0.25, -0.2) is 4.39 Å². The van der Waals surface area contributed by atoms with Gasteiger partial charge in [0.1, 0.15) is 17.7 Å². The van der Waals surface area contributed by atoms with Crippen LogP contribution in [0.1, 0.15) is 13.8 Å². The molecule has 0 spiro atoms. The molecule has 0 unspecified atom stereocenters. The molecule has 0 saturated carbocycles. The monoisotopic (exact) mass is 153 g/mol. The van der Waals surface area contributed by atoms with E-state index in [9.17, 15) is 4.39 Å².